The largest absolute Gasteiger partial charge is 0.480 e. The molecule has 1 unspecified atom stereocenters. The number of hydrogen-bond acceptors (Lipinski definition) is 2. The predicted octanol–water partition coefficient (Wildman–Crippen LogP) is 3.33. The van der Waals surface area contributed by atoms with Crippen molar-refractivity contribution in [2.24, 2.45) is 16.8 Å². The van der Waals surface area contributed by atoms with Crippen LogP contribution in [0.1, 0.15) is 20.8 Å². The summed E-state index contributed by atoms with van der Waals surface area (Å²) in [4.78, 5) is 4.37. The Morgan fingerprint density at radius 2 is 2.33 bits per heavy atom. The molecule has 1 aliphatic rings. The van der Waals surface area contributed by atoms with Gasteiger partial charge in [-0.15, -0.1) is 6.58 Å². The molecule has 2 heteroatoms. The quantitative estimate of drug-likeness (QED) is 0.647. The van der Waals surface area contributed by atoms with E-state index >= 15 is 0 Å². The van der Waals surface area contributed by atoms with Crippen molar-refractivity contribution in [3.63, 3.8) is 0 Å². The molecule has 0 spiro atoms. The number of nitrogens with zero attached hydrogens (tertiary/aromatic N) is 1. The second-order valence-electron chi connectivity index (χ2n) is 4.04. The lowest BCUT2D eigenvalue weighted by molar-refractivity contribution is 0.285. The van der Waals surface area contributed by atoms with Gasteiger partial charge in [0.05, 0.1) is 12.3 Å². The average Bonchev–Trinajstić information content (AvgIpc) is 2.37. The van der Waals surface area contributed by atoms with Gasteiger partial charge >= 0.3 is 0 Å². The Balaban J connectivity index is 2.83. The predicted molar refractivity (Wildman–Crippen MR) is 64.8 cm³/mol. The molecule has 0 amide bonds. The molecule has 0 aromatic rings. The highest BCUT2D eigenvalue weighted by molar-refractivity contribution is 5.75. The maximum atomic E-state index is 5.44. The number of allylic oxidation sites excluding steroid dienone is 2. The molecular formula is C13H19NO. The fraction of sp³-hybridized carbons (Fsp3) is 0.462. The van der Waals surface area contributed by atoms with Crippen LogP contribution in [0.4, 0.5) is 0 Å². The van der Waals surface area contributed by atoms with Gasteiger partial charge in [-0.2, -0.15) is 0 Å². The second kappa shape index (κ2) is 5.54. The monoisotopic (exact) mass is 205 g/mol. The third-order valence-electron chi connectivity index (χ3n) is 2.11. The van der Waals surface area contributed by atoms with Crippen molar-refractivity contribution in [3.8, 4) is 0 Å². The van der Waals surface area contributed by atoms with Crippen LogP contribution < -0.4 is 0 Å². The van der Waals surface area contributed by atoms with E-state index in [4.69, 9.17) is 4.74 Å². The second-order valence-corrected chi connectivity index (χ2v) is 4.04. The third kappa shape index (κ3) is 4.15. The van der Waals surface area contributed by atoms with Gasteiger partial charge in [0.2, 0.25) is 0 Å². The Labute approximate surface area is 92.1 Å². The highest BCUT2D eigenvalue weighted by atomic mass is 16.5. The SMILES string of the molecule is C=CC1C=C(/C=C/C(C)C)N=C(C)OC1. The van der Waals surface area contributed by atoms with Gasteiger partial charge in [-0.3, -0.25) is 0 Å². The van der Waals surface area contributed by atoms with Crippen molar-refractivity contribution in [2.45, 2.75) is 20.8 Å². The van der Waals surface area contributed by atoms with Crippen LogP contribution in [0.5, 0.6) is 0 Å². The van der Waals surface area contributed by atoms with Gasteiger partial charge in [-0.1, -0.05) is 26.0 Å². The van der Waals surface area contributed by atoms with Crippen molar-refractivity contribution in [1.82, 2.24) is 0 Å². The molecule has 2 nitrogen and oxygen atoms in total. The summed E-state index contributed by atoms with van der Waals surface area (Å²) < 4.78 is 5.44. The molecule has 0 aliphatic carbocycles. The summed E-state index contributed by atoms with van der Waals surface area (Å²) in [5, 5.41) is 0. The summed E-state index contributed by atoms with van der Waals surface area (Å²) in [6.07, 6.45) is 8.15. The maximum Gasteiger partial charge on any atom is 0.185 e. The van der Waals surface area contributed by atoms with Crippen LogP contribution in [-0.2, 0) is 4.74 Å². The molecule has 0 aromatic carbocycles. The lowest BCUT2D eigenvalue weighted by atomic mass is 10.1. The summed E-state index contributed by atoms with van der Waals surface area (Å²) >= 11 is 0. The number of hydrogen-bond donors (Lipinski definition) is 0. The van der Waals surface area contributed by atoms with Crippen LogP contribution in [0, 0.1) is 11.8 Å². The minimum Gasteiger partial charge on any atom is -0.480 e. The molecule has 1 atom stereocenters. The standard InChI is InChI=1S/C13H19NO/c1-5-12-8-13(7-6-10(2)3)14-11(4)15-9-12/h5-8,10,12H,1,9H2,2-4H3/b7-6+. The molecule has 1 aliphatic heterocycles. The molecule has 82 valence electrons. The molecule has 0 saturated heterocycles. The number of ether oxygens (including phenoxy) is 1. The van der Waals surface area contributed by atoms with Crippen LogP contribution in [0.15, 0.2) is 41.6 Å². The molecule has 1 rings (SSSR count). The minimum atomic E-state index is 0.248. The van der Waals surface area contributed by atoms with Crippen LogP contribution in [0.25, 0.3) is 0 Å². The average molecular weight is 205 g/mol. The fourth-order valence-electron chi connectivity index (χ4n) is 1.26. The number of aliphatic imine (C=N–C) groups is 1. The molecule has 0 N–H and O–H groups in total. The van der Waals surface area contributed by atoms with E-state index in [0.29, 0.717) is 12.5 Å². The van der Waals surface area contributed by atoms with Crippen LogP contribution in [0.3, 0.4) is 0 Å². The smallest absolute Gasteiger partial charge is 0.185 e. The Kier molecular flexibility index (Phi) is 4.35. The molecule has 15 heavy (non-hydrogen) atoms. The molecule has 0 aromatic heterocycles. The van der Waals surface area contributed by atoms with Crippen molar-refractivity contribution in [1.29, 1.82) is 0 Å². The van der Waals surface area contributed by atoms with Crippen LogP contribution in [0.2, 0.25) is 0 Å². The summed E-state index contributed by atoms with van der Waals surface area (Å²) in [6.45, 7) is 10.6. The van der Waals surface area contributed by atoms with E-state index in [2.05, 4.69) is 37.6 Å². The summed E-state index contributed by atoms with van der Waals surface area (Å²) in [7, 11) is 0. The van der Waals surface area contributed by atoms with E-state index in [1.807, 2.05) is 19.1 Å². The molecule has 0 saturated carbocycles. The zero-order chi connectivity index (χ0) is 11.3. The van der Waals surface area contributed by atoms with Gasteiger partial charge in [-0.25, -0.2) is 4.99 Å². The molecule has 0 radical (unpaired) electrons. The first-order chi connectivity index (χ1) is 7.11. The van der Waals surface area contributed by atoms with Gasteiger partial charge in [-0.05, 0) is 18.1 Å². The topological polar surface area (TPSA) is 21.6 Å². The first-order valence-corrected chi connectivity index (χ1v) is 5.32. The van der Waals surface area contributed by atoms with E-state index in [0.717, 1.165) is 11.6 Å². The third-order valence-corrected chi connectivity index (χ3v) is 2.11. The summed E-state index contributed by atoms with van der Waals surface area (Å²) in [5.74, 6) is 1.50. The minimum absolute atomic E-state index is 0.248. The Morgan fingerprint density at radius 1 is 1.60 bits per heavy atom. The fourth-order valence-corrected chi connectivity index (χ4v) is 1.26. The maximum absolute atomic E-state index is 5.44. The summed E-state index contributed by atoms with van der Waals surface area (Å²) in [6, 6.07) is 0. The Hall–Kier alpha value is -1.31. The van der Waals surface area contributed by atoms with Gasteiger partial charge in [0, 0.05) is 12.8 Å². The van der Waals surface area contributed by atoms with Crippen LogP contribution >= 0.6 is 0 Å². The van der Waals surface area contributed by atoms with E-state index in [1.54, 1.807) is 0 Å². The zero-order valence-electron chi connectivity index (χ0n) is 9.73. The van der Waals surface area contributed by atoms with E-state index < -0.39 is 0 Å². The molecule has 0 fully saturated rings. The normalized spacial score (nSPS) is 22.0. The lowest BCUT2D eigenvalue weighted by Crippen LogP contribution is -2.05. The van der Waals surface area contributed by atoms with E-state index in [9.17, 15) is 0 Å². The van der Waals surface area contributed by atoms with E-state index in [1.165, 1.54) is 0 Å². The van der Waals surface area contributed by atoms with Crippen molar-refractivity contribution in [3.05, 3.63) is 36.6 Å². The van der Waals surface area contributed by atoms with Crippen molar-refractivity contribution < 1.29 is 4.74 Å². The number of rotatable bonds is 3. The highest BCUT2D eigenvalue weighted by Gasteiger charge is 2.08. The highest BCUT2D eigenvalue weighted by Crippen LogP contribution is 2.14. The van der Waals surface area contributed by atoms with E-state index in [-0.39, 0.29) is 5.92 Å². The van der Waals surface area contributed by atoms with Gasteiger partial charge in [0.25, 0.3) is 0 Å². The van der Waals surface area contributed by atoms with Gasteiger partial charge in [0.1, 0.15) is 0 Å². The lowest BCUT2D eigenvalue weighted by Gasteiger charge is -2.05. The molecular weight excluding hydrogens is 186 g/mol. The van der Waals surface area contributed by atoms with Gasteiger partial charge < -0.3 is 4.74 Å². The molecule has 1 heterocycles. The Bertz CT molecular complexity index is 310. The molecule has 0 bridgehead atoms. The van der Waals surface area contributed by atoms with Crippen molar-refractivity contribution >= 4 is 5.90 Å². The first kappa shape index (κ1) is 11.8. The van der Waals surface area contributed by atoms with Crippen LogP contribution in [-0.4, -0.2) is 12.5 Å². The first-order valence-electron chi connectivity index (χ1n) is 5.32. The summed E-state index contributed by atoms with van der Waals surface area (Å²) in [5.41, 5.74) is 0.962. The van der Waals surface area contributed by atoms with Crippen molar-refractivity contribution in [2.75, 3.05) is 6.61 Å². The van der Waals surface area contributed by atoms with Gasteiger partial charge in [0.15, 0.2) is 5.90 Å². The Morgan fingerprint density at radius 3 is 2.93 bits per heavy atom. The zero-order valence-corrected chi connectivity index (χ0v) is 9.73.